The van der Waals surface area contributed by atoms with Gasteiger partial charge in [0.15, 0.2) is 0 Å². The minimum absolute atomic E-state index is 0.189. The lowest BCUT2D eigenvalue weighted by Gasteiger charge is -2.63. The molecule has 4 saturated carbocycles. The van der Waals surface area contributed by atoms with Crippen LogP contribution in [0.1, 0.15) is 113 Å². The number of aliphatic hydroxyl groups excluding tert-OH is 2. The molecule has 0 aromatic carbocycles. The number of aliphatic carboxylic acids is 1. The van der Waals surface area contributed by atoms with E-state index in [0.29, 0.717) is 41.9 Å². The van der Waals surface area contributed by atoms with Crippen molar-refractivity contribution in [1.82, 2.24) is 0 Å². The lowest BCUT2D eigenvalue weighted by atomic mass is 9.42. The molecule has 0 aromatic heterocycles. The molecule has 11 atom stereocenters. The third-order valence-electron chi connectivity index (χ3n) is 10.6. The zero-order chi connectivity index (χ0) is 25.1. The van der Waals surface area contributed by atoms with Gasteiger partial charge in [-0.2, -0.15) is 0 Å². The summed E-state index contributed by atoms with van der Waals surface area (Å²) in [6.45, 7) is 17.3. The van der Waals surface area contributed by atoms with E-state index in [1.165, 1.54) is 19.3 Å². The van der Waals surface area contributed by atoms with Crippen LogP contribution < -0.4 is 0 Å². The van der Waals surface area contributed by atoms with Gasteiger partial charge in [0.25, 0.3) is 0 Å². The highest BCUT2D eigenvalue weighted by Crippen LogP contribution is 2.68. The van der Waals surface area contributed by atoms with Crippen molar-refractivity contribution < 1.29 is 20.1 Å². The van der Waals surface area contributed by atoms with Gasteiger partial charge >= 0.3 is 5.97 Å². The first-order valence-electron chi connectivity index (χ1n) is 14.2. The molecule has 4 rings (SSSR count). The number of carboxylic acids is 1. The molecule has 0 radical (unpaired) electrons. The standard InChI is InChI=1S/C25H42O4.2C2H6/c1-14-9-10-24(3)16(11-14)12-20(26)23-18-7-6-17(15(2)5-8-22(28)29)25(18,4)21(27)13-19(23)24;2*1-2/h14-21,23,26-27H,5-13H2,1-4H3,(H,28,29);2*1-2H3/t14?,15?,16?,17?,18?,19?,20-,21+,23?,24?,25?;;/m1../s1. The zero-order valence-corrected chi connectivity index (χ0v) is 22.8. The summed E-state index contributed by atoms with van der Waals surface area (Å²) in [6.07, 6.45) is 7.94. The van der Waals surface area contributed by atoms with E-state index in [-0.39, 0.29) is 29.5 Å². The fourth-order valence-corrected chi connectivity index (χ4v) is 8.92. The van der Waals surface area contributed by atoms with E-state index in [9.17, 15) is 15.0 Å². The molecule has 0 saturated heterocycles. The maximum absolute atomic E-state index is 11.5. The monoisotopic (exact) mass is 466 g/mol. The van der Waals surface area contributed by atoms with Crippen molar-refractivity contribution in [3.05, 3.63) is 0 Å². The number of carboxylic acid groups (broad SMARTS) is 1. The van der Waals surface area contributed by atoms with Crippen molar-refractivity contribution >= 4 is 5.97 Å². The van der Waals surface area contributed by atoms with E-state index < -0.39 is 5.97 Å². The van der Waals surface area contributed by atoms with Crippen molar-refractivity contribution in [2.75, 3.05) is 0 Å². The van der Waals surface area contributed by atoms with Crippen LogP contribution in [0.15, 0.2) is 0 Å². The van der Waals surface area contributed by atoms with Gasteiger partial charge in [-0.05, 0) is 97.2 Å². The minimum Gasteiger partial charge on any atom is -0.481 e. The Bertz CT molecular complexity index is 635. The highest BCUT2D eigenvalue weighted by atomic mass is 16.4. The predicted octanol–water partition coefficient (Wildman–Crippen LogP) is 6.78. The molecule has 33 heavy (non-hydrogen) atoms. The van der Waals surface area contributed by atoms with Gasteiger partial charge in [0.05, 0.1) is 12.2 Å². The molecule has 0 amide bonds. The molecule has 4 fully saturated rings. The van der Waals surface area contributed by atoms with E-state index in [1.807, 2.05) is 27.7 Å². The van der Waals surface area contributed by atoms with Crippen LogP contribution in [0.25, 0.3) is 0 Å². The predicted molar refractivity (Wildman–Crippen MR) is 136 cm³/mol. The molecule has 3 N–H and O–H groups in total. The van der Waals surface area contributed by atoms with E-state index >= 15 is 0 Å². The molecule has 0 spiro atoms. The van der Waals surface area contributed by atoms with E-state index in [2.05, 4.69) is 27.7 Å². The second-order valence-electron chi connectivity index (χ2n) is 11.9. The first-order valence-corrected chi connectivity index (χ1v) is 14.2. The molecule has 4 heteroatoms. The molecule has 0 heterocycles. The van der Waals surface area contributed by atoms with E-state index in [1.54, 1.807) is 0 Å². The molecule has 0 aliphatic heterocycles. The Labute approximate surface area is 203 Å². The van der Waals surface area contributed by atoms with Gasteiger partial charge in [-0.1, -0.05) is 61.8 Å². The van der Waals surface area contributed by atoms with Crippen molar-refractivity contribution in [3.63, 3.8) is 0 Å². The van der Waals surface area contributed by atoms with E-state index in [0.717, 1.165) is 31.6 Å². The fraction of sp³-hybridized carbons (Fsp3) is 0.966. The molecular weight excluding hydrogens is 412 g/mol. The molecular formula is C29H54O4. The quantitative estimate of drug-likeness (QED) is 0.427. The summed E-state index contributed by atoms with van der Waals surface area (Å²) < 4.78 is 0. The van der Waals surface area contributed by atoms with Gasteiger partial charge in [-0.3, -0.25) is 4.79 Å². The minimum atomic E-state index is -0.728. The number of fused-ring (bicyclic) bond motifs is 5. The fourth-order valence-electron chi connectivity index (χ4n) is 8.92. The van der Waals surface area contributed by atoms with Crippen LogP contribution in [-0.2, 0) is 4.79 Å². The Kier molecular flexibility index (Phi) is 9.90. The van der Waals surface area contributed by atoms with Crippen LogP contribution in [-0.4, -0.2) is 33.5 Å². The summed E-state index contributed by atoms with van der Waals surface area (Å²) in [5.41, 5.74) is 0.0664. The summed E-state index contributed by atoms with van der Waals surface area (Å²) in [6, 6.07) is 0. The number of hydrogen-bond acceptors (Lipinski definition) is 3. The van der Waals surface area contributed by atoms with Crippen LogP contribution in [0.5, 0.6) is 0 Å². The second-order valence-corrected chi connectivity index (χ2v) is 11.9. The topological polar surface area (TPSA) is 77.8 Å². The molecule has 4 nitrogen and oxygen atoms in total. The van der Waals surface area contributed by atoms with Gasteiger partial charge in [-0.25, -0.2) is 0 Å². The van der Waals surface area contributed by atoms with Crippen molar-refractivity contribution in [2.24, 2.45) is 52.3 Å². The van der Waals surface area contributed by atoms with Gasteiger partial charge < -0.3 is 15.3 Å². The number of aliphatic hydroxyl groups is 2. The molecule has 9 unspecified atom stereocenters. The average molecular weight is 467 g/mol. The first kappa shape index (κ1) is 28.6. The second kappa shape index (κ2) is 11.4. The third-order valence-corrected chi connectivity index (χ3v) is 10.6. The Morgan fingerprint density at radius 1 is 0.970 bits per heavy atom. The lowest BCUT2D eigenvalue weighted by molar-refractivity contribution is -0.203. The molecule has 4 aliphatic rings. The molecule has 4 aliphatic carbocycles. The van der Waals surface area contributed by atoms with Gasteiger partial charge in [0.1, 0.15) is 0 Å². The van der Waals surface area contributed by atoms with Crippen LogP contribution in [0.2, 0.25) is 0 Å². The summed E-state index contributed by atoms with van der Waals surface area (Å²) in [5, 5.41) is 32.0. The number of carbonyl (C=O) groups is 1. The molecule has 194 valence electrons. The van der Waals surface area contributed by atoms with Crippen molar-refractivity contribution in [3.8, 4) is 0 Å². The van der Waals surface area contributed by atoms with Crippen LogP contribution in [0, 0.1) is 52.3 Å². The maximum Gasteiger partial charge on any atom is 0.303 e. The van der Waals surface area contributed by atoms with Crippen LogP contribution in [0.4, 0.5) is 0 Å². The smallest absolute Gasteiger partial charge is 0.303 e. The normalized spacial score (nSPS) is 46.8. The van der Waals surface area contributed by atoms with Crippen LogP contribution >= 0.6 is 0 Å². The molecule has 0 bridgehead atoms. The first-order chi connectivity index (χ1) is 15.6. The van der Waals surface area contributed by atoms with Gasteiger partial charge in [0, 0.05) is 6.42 Å². The van der Waals surface area contributed by atoms with E-state index in [4.69, 9.17) is 5.11 Å². The number of rotatable bonds is 4. The van der Waals surface area contributed by atoms with Gasteiger partial charge in [-0.15, -0.1) is 0 Å². The Morgan fingerprint density at radius 2 is 1.61 bits per heavy atom. The third kappa shape index (κ3) is 5.03. The maximum atomic E-state index is 11.5. The van der Waals surface area contributed by atoms with Crippen LogP contribution in [0.3, 0.4) is 0 Å². The summed E-state index contributed by atoms with van der Waals surface area (Å²) in [5.74, 6) is 2.35. The zero-order valence-electron chi connectivity index (χ0n) is 22.8. The highest BCUT2D eigenvalue weighted by molar-refractivity contribution is 5.66. The summed E-state index contributed by atoms with van der Waals surface area (Å²) >= 11 is 0. The average Bonchev–Trinajstić information content (AvgIpc) is 3.15. The summed E-state index contributed by atoms with van der Waals surface area (Å²) in [4.78, 5) is 11.1. The summed E-state index contributed by atoms with van der Waals surface area (Å²) in [7, 11) is 0. The largest absolute Gasteiger partial charge is 0.481 e. The molecule has 0 aromatic rings. The Morgan fingerprint density at radius 3 is 2.21 bits per heavy atom. The van der Waals surface area contributed by atoms with Crippen molar-refractivity contribution in [1.29, 1.82) is 0 Å². The highest BCUT2D eigenvalue weighted by Gasteiger charge is 2.65. The lowest BCUT2D eigenvalue weighted by Crippen LogP contribution is -2.62. The van der Waals surface area contributed by atoms with Gasteiger partial charge in [0.2, 0.25) is 0 Å². The SMILES string of the molecule is CC.CC.CC1CCC2(C)C(C1)C[C@@H](O)C1C2C[C@H](O)C2(C)C(C(C)CCC(=O)O)CCC12. The Balaban J connectivity index is 0.000000914. The number of hydrogen-bond donors (Lipinski definition) is 3. The Hall–Kier alpha value is -0.610. The van der Waals surface area contributed by atoms with Crippen molar-refractivity contribution in [2.45, 2.75) is 125 Å².